The summed E-state index contributed by atoms with van der Waals surface area (Å²) in [6.45, 7) is 0.820. The molecule has 2 aromatic rings. The average molecular weight is 275 g/mol. The third-order valence-electron chi connectivity index (χ3n) is 2.90. The summed E-state index contributed by atoms with van der Waals surface area (Å²) in [6.07, 6.45) is 0. The zero-order valence-corrected chi connectivity index (χ0v) is 10.6. The van der Waals surface area contributed by atoms with Crippen LogP contribution in [-0.2, 0) is 13.1 Å². The van der Waals surface area contributed by atoms with E-state index in [-0.39, 0.29) is 11.3 Å². The van der Waals surface area contributed by atoms with Crippen LogP contribution in [0.15, 0.2) is 42.5 Å². The van der Waals surface area contributed by atoms with Gasteiger partial charge in [-0.05, 0) is 23.8 Å². The normalized spacial score (nSPS) is 10.4. The first-order valence-electron chi connectivity index (χ1n) is 6.07. The van der Waals surface area contributed by atoms with E-state index in [1.54, 1.807) is 24.3 Å². The van der Waals surface area contributed by atoms with Crippen LogP contribution in [0.4, 0.5) is 4.39 Å². The highest BCUT2D eigenvalue weighted by Gasteiger charge is 2.10. The number of carboxylic acid groups (broad SMARTS) is 1. The van der Waals surface area contributed by atoms with Gasteiger partial charge in [-0.3, -0.25) is 0 Å². The quantitative estimate of drug-likeness (QED) is 0.784. The lowest BCUT2D eigenvalue weighted by Gasteiger charge is -2.07. The van der Waals surface area contributed by atoms with Crippen LogP contribution in [0.5, 0.6) is 5.75 Å². The van der Waals surface area contributed by atoms with Crippen molar-refractivity contribution in [3.05, 3.63) is 65.0 Å². The van der Waals surface area contributed by atoms with Crippen LogP contribution < -0.4 is 5.32 Å². The van der Waals surface area contributed by atoms with Gasteiger partial charge in [0.25, 0.3) is 0 Å². The molecular weight excluding hydrogens is 261 g/mol. The van der Waals surface area contributed by atoms with Gasteiger partial charge in [-0.15, -0.1) is 0 Å². The number of hydrogen-bond donors (Lipinski definition) is 3. The molecule has 3 N–H and O–H groups in total. The van der Waals surface area contributed by atoms with E-state index in [0.29, 0.717) is 18.7 Å². The van der Waals surface area contributed by atoms with Crippen molar-refractivity contribution in [2.24, 2.45) is 0 Å². The molecule has 0 aliphatic carbocycles. The summed E-state index contributed by atoms with van der Waals surface area (Å²) in [5, 5.41) is 21.4. The lowest BCUT2D eigenvalue weighted by atomic mass is 10.1. The van der Waals surface area contributed by atoms with Gasteiger partial charge in [-0.1, -0.05) is 24.3 Å². The molecule has 0 aliphatic rings. The van der Waals surface area contributed by atoms with Crippen molar-refractivity contribution in [2.75, 3.05) is 0 Å². The highest BCUT2D eigenvalue weighted by atomic mass is 19.1. The molecule has 4 nitrogen and oxygen atoms in total. The summed E-state index contributed by atoms with van der Waals surface area (Å²) in [5.41, 5.74) is 1.05. The van der Waals surface area contributed by atoms with Crippen molar-refractivity contribution < 1.29 is 19.4 Å². The minimum Gasteiger partial charge on any atom is -0.508 e. The van der Waals surface area contributed by atoms with E-state index in [1.165, 1.54) is 12.1 Å². The van der Waals surface area contributed by atoms with Crippen molar-refractivity contribution in [1.29, 1.82) is 0 Å². The van der Waals surface area contributed by atoms with Crippen molar-refractivity contribution in [1.82, 2.24) is 5.32 Å². The number of aromatic hydroxyl groups is 1. The van der Waals surface area contributed by atoms with Crippen LogP contribution in [-0.4, -0.2) is 16.2 Å². The third-order valence-corrected chi connectivity index (χ3v) is 2.90. The van der Waals surface area contributed by atoms with E-state index < -0.39 is 11.8 Å². The number of aromatic carboxylic acids is 1. The number of carboxylic acids is 1. The van der Waals surface area contributed by atoms with E-state index in [4.69, 9.17) is 5.11 Å². The number of nitrogens with one attached hydrogen (secondary N) is 1. The summed E-state index contributed by atoms with van der Waals surface area (Å²) in [6, 6.07) is 10.9. The number of halogens is 1. The molecule has 0 amide bonds. The first-order chi connectivity index (χ1) is 9.58. The second-order valence-corrected chi connectivity index (χ2v) is 4.35. The van der Waals surface area contributed by atoms with Gasteiger partial charge >= 0.3 is 5.97 Å². The Bertz CT molecular complexity index is 628. The van der Waals surface area contributed by atoms with Crippen molar-refractivity contribution >= 4 is 5.97 Å². The van der Waals surface area contributed by atoms with E-state index in [9.17, 15) is 14.3 Å². The molecule has 0 aromatic heterocycles. The first-order valence-corrected chi connectivity index (χ1v) is 6.07. The Hall–Kier alpha value is -2.40. The highest BCUT2D eigenvalue weighted by Crippen LogP contribution is 2.15. The SMILES string of the molecule is O=C(O)c1ccc(CNCc2ccccc2O)cc1F. The van der Waals surface area contributed by atoms with Crippen LogP contribution >= 0.6 is 0 Å². The molecule has 0 radical (unpaired) electrons. The van der Waals surface area contributed by atoms with E-state index >= 15 is 0 Å². The van der Waals surface area contributed by atoms with Crippen LogP contribution in [0.2, 0.25) is 0 Å². The van der Waals surface area contributed by atoms with E-state index in [0.717, 1.165) is 5.56 Å². The second kappa shape index (κ2) is 6.16. The molecule has 0 atom stereocenters. The predicted molar refractivity (Wildman–Crippen MR) is 72.0 cm³/mol. The summed E-state index contributed by atoms with van der Waals surface area (Å²) in [7, 11) is 0. The van der Waals surface area contributed by atoms with Crippen molar-refractivity contribution in [3.63, 3.8) is 0 Å². The minimum atomic E-state index is -1.28. The minimum absolute atomic E-state index is 0.201. The third kappa shape index (κ3) is 3.33. The summed E-state index contributed by atoms with van der Waals surface area (Å²) in [4.78, 5) is 10.7. The molecule has 0 fully saturated rings. The molecule has 104 valence electrons. The van der Waals surface area contributed by atoms with Crippen molar-refractivity contribution in [2.45, 2.75) is 13.1 Å². The molecule has 0 heterocycles. The maximum atomic E-state index is 13.5. The Labute approximate surface area is 115 Å². The van der Waals surface area contributed by atoms with Gasteiger partial charge in [-0.25, -0.2) is 9.18 Å². The number of phenols is 1. The summed E-state index contributed by atoms with van der Waals surface area (Å²) in [5.74, 6) is -1.83. The predicted octanol–water partition coefficient (Wildman–Crippen LogP) is 2.52. The van der Waals surface area contributed by atoms with Gasteiger partial charge in [0.15, 0.2) is 0 Å². The van der Waals surface area contributed by atoms with Gasteiger partial charge in [0.2, 0.25) is 0 Å². The Morgan fingerprint density at radius 3 is 2.55 bits per heavy atom. The number of benzene rings is 2. The molecule has 5 heteroatoms. The molecule has 0 bridgehead atoms. The standard InChI is InChI=1S/C15H14FNO3/c16-13-7-10(5-6-12(13)15(19)20)8-17-9-11-3-1-2-4-14(11)18/h1-7,17-18H,8-9H2,(H,19,20). The zero-order chi connectivity index (χ0) is 14.5. The van der Waals surface area contributed by atoms with Gasteiger partial charge in [0.05, 0.1) is 5.56 Å². The zero-order valence-electron chi connectivity index (χ0n) is 10.6. The van der Waals surface area contributed by atoms with Crippen LogP contribution in [0, 0.1) is 5.82 Å². The first kappa shape index (κ1) is 14.0. The highest BCUT2D eigenvalue weighted by molar-refractivity contribution is 5.87. The number of phenolic OH excluding ortho intramolecular Hbond substituents is 1. The Kier molecular flexibility index (Phi) is 4.32. The Morgan fingerprint density at radius 1 is 1.15 bits per heavy atom. The molecule has 2 aromatic carbocycles. The number of para-hydroxylation sites is 1. The Balaban J connectivity index is 1.97. The molecule has 0 unspecified atom stereocenters. The topological polar surface area (TPSA) is 69.6 Å². The van der Waals surface area contributed by atoms with Crippen molar-refractivity contribution in [3.8, 4) is 5.75 Å². The summed E-state index contributed by atoms with van der Waals surface area (Å²) < 4.78 is 13.5. The number of rotatable bonds is 5. The maximum Gasteiger partial charge on any atom is 0.338 e. The van der Waals surface area contributed by atoms with Crippen LogP contribution in [0.3, 0.4) is 0 Å². The maximum absolute atomic E-state index is 13.5. The molecular formula is C15H14FNO3. The van der Waals surface area contributed by atoms with Crippen LogP contribution in [0.25, 0.3) is 0 Å². The van der Waals surface area contributed by atoms with Gasteiger partial charge in [0.1, 0.15) is 11.6 Å². The fourth-order valence-electron chi connectivity index (χ4n) is 1.84. The second-order valence-electron chi connectivity index (χ2n) is 4.35. The molecule has 0 saturated heterocycles. The van der Waals surface area contributed by atoms with Gasteiger partial charge < -0.3 is 15.5 Å². The molecule has 0 saturated carbocycles. The molecule has 0 spiro atoms. The van der Waals surface area contributed by atoms with Crippen LogP contribution in [0.1, 0.15) is 21.5 Å². The largest absolute Gasteiger partial charge is 0.508 e. The smallest absolute Gasteiger partial charge is 0.338 e. The lowest BCUT2D eigenvalue weighted by molar-refractivity contribution is 0.0692. The van der Waals surface area contributed by atoms with E-state index in [1.807, 2.05) is 6.07 Å². The van der Waals surface area contributed by atoms with E-state index in [2.05, 4.69) is 5.32 Å². The molecule has 0 aliphatic heterocycles. The average Bonchev–Trinajstić information content (AvgIpc) is 2.40. The fraction of sp³-hybridized carbons (Fsp3) is 0.133. The number of hydrogen-bond acceptors (Lipinski definition) is 3. The van der Waals surface area contributed by atoms with Gasteiger partial charge in [0, 0.05) is 18.7 Å². The molecule has 2 rings (SSSR count). The summed E-state index contributed by atoms with van der Waals surface area (Å²) >= 11 is 0. The molecule has 20 heavy (non-hydrogen) atoms. The van der Waals surface area contributed by atoms with Gasteiger partial charge in [-0.2, -0.15) is 0 Å². The Morgan fingerprint density at radius 2 is 1.90 bits per heavy atom. The number of carbonyl (C=O) groups is 1. The lowest BCUT2D eigenvalue weighted by Crippen LogP contribution is -2.13. The monoisotopic (exact) mass is 275 g/mol. The fourth-order valence-corrected chi connectivity index (χ4v) is 1.84.